The topological polar surface area (TPSA) is 0 Å². The lowest BCUT2D eigenvalue weighted by Crippen LogP contribution is -1.58. The molecule has 0 aromatic carbocycles. The molecular formula is C5H10S. The highest BCUT2D eigenvalue weighted by Gasteiger charge is 1.97. The summed E-state index contributed by atoms with van der Waals surface area (Å²) in [5.41, 5.74) is 5.60. The molecule has 1 rings (SSSR count). The summed E-state index contributed by atoms with van der Waals surface area (Å²) < 4.78 is 0. The minimum Gasteiger partial charge on any atom is -0.204 e. The quantitative estimate of drug-likeness (QED) is 0.439. The summed E-state index contributed by atoms with van der Waals surface area (Å²) in [6.07, 6.45) is 2.78. The van der Waals surface area contributed by atoms with Crippen LogP contribution < -0.4 is 0 Å². The molecule has 0 amide bonds. The maximum absolute atomic E-state index is 5.60. The molecule has 1 saturated heterocycles. The van der Waals surface area contributed by atoms with Gasteiger partial charge in [-0.2, -0.15) is 0 Å². The number of thiol groups is 1. The lowest BCUT2D eigenvalue weighted by Gasteiger charge is -1.80. The molecule has 0 aromatic rings. The van der Waals surface area contributed by atoms with Crippen LogP contribution in [-0.2, 0) is 0 Å². The molecule has 0 aliphatic carbocycles. The largest absolute Gasteiger partial charge is 0.204 e. The first-order valence-corrected chi connectivity index (χ1v) is 4.17. The first-order chi connectivity index (χ1) is 2.89. The number of rotatable bonds is 0. The van der Waals surface area contributed by atoms with E-state index in [-0.39, 0.29) is 10.3 Å². The van der Waals surface area contributed by atoms with E-state index in [2.05, 4.69) is 0 Å². The van der Waals surface area contributed by atoms with Crippen molar-refractivity contribution in [3.05, 3.63) is 0 Å². The van der Waals surface area contributed by atoms with Crippen molar-refractivity contribution < 1.29 is 0 Å². The minimum absolute atomic E-state index is 0.0350. The molecule has 1 fully saturated rings. The molecule has 0 N–H and O–H groups in total. The Labute approximate surface area is 41.1 Å². The zero-order valence-electron chi connectivity index (χ0n) is 3.85. The van der Waals surface area contributed by atoms with Crippen LogP contribution in [0.3, 0.4) is 0 Å². The molecule has 0 saturated carbocycles. The van der Waals surface area contributed by atoms with Crippen molar-refractivity contribution in [2.75, 3.05) is 11.5 Å². The molecule has 1 aliphatic heterocycles. The standard InChI is InChI=1S/C5H10S/c1-6-4-2-3-5-6/h1,6H,2-5H2. The molecule has 1 heteroatoms. The molecular weight excluding hydrogens is 92.1 g/mol. The lowest BCUT2D eigenvalue weighted by atomic mass is 10.4. The number of hydrogen-bond donors (Lipinski definition) is 1. The van der Waals surface area contributed by atoms with Crippen LogP contribution in [0.2, 0.25) is 0 Å². The Morgan fingerprint density at radius 3 is 1.83 bits per heavy atom. The molecule has 0 aromatic heterocycles. The normalized spacial score (nSPS) is 25.2. The van der Waals surface area contributed by atoms with Crippen molar-refractivity contribution in [3.63, 3.8) is 0 Å². The SMILES string of the molecule is C#[SH]1CCCC1. The Morgan fingerprint density at radius 2 is 1.67 bits per heavy atom. The van der Waals surface area contributed by atoms with Gasteiger partial charge in [-0.1, -0.05) is 0 Å². The highest BCUT2D eigenvalue weighted by molar-refractivity contribution is 8.06. The van der Waals surface area contributed by atoms with E-state index < -0.39 is 0 Å². The van der Waals surface area contributed by atoms with E-state index in [1.54, 1.807) is 0 Å². The Balaban J connectivity index is 2.44. The van der Waals surface area contributed by atoms with Gasteiger partial charge in [-0.25, -0.2) is 10.3 Å². The van der Waals surface area contributed by atoms with Crippen molar-refractivity contribution in [1.82, 2.24) is 0 Å². The van der Waals surface area contributed by atoms with Gasteiger partial charge in [0.1, 0.15) is 0 Å². The predicted molar refractivity (Wildman–Crippen MR) is 32.9 cm³/mol. The summed E-state index contributed by atoms with van der Waals surface area (Å²) in [6.45, 7) is 0. The van der Waals surface area contributed by atoms with E-state index in [1.165, 1.54) is 24.3 Å². The summed E-state index contributed by atoms with van der Waals surface area (Å²) in [7, 11) is 0.0350. The molecule has 0 unspecified atom stereocenters. The smallest absolute Gasteiger partial charge is 0.0161 e. The predicted octanol–water partition coefficient (Wildman–Crippen LogP) is 1.37. The Hall–Kier alpha value is 0.130. The monoisotopic (exact) mass is 102 g/mol. The van der Waals surface area contributed by atoms with Gasteiger partial charge in [-0.3, -0.25) is 0 Å². The molecule has 1 heterocycles. The van der Waals surface area contributed by atoms with Crippen LogP contribution >= 0.6 is 10.3 Å². The van der Waals surface area contributed by atoms with E-state index in [1.807, 2.05) is 0 Å². The Bertz CT molecular complexity index is 86.2. The van der Waals surface area contributed by atoms with Gasteiger partial charge in [0.25, 0.3) is 0 Å². The summed E-state index contributed by atoms with van der Waals surface area (Å²) in [4.78, 5) is 0. The van der Waals surface area contributed by atoms with Crippen molar-refractivity contribution in [1.29, 1.82) is 0 Å². The van der Waals surface area contributed by atoms with Crippen molar-refractivity contribution >= 4 is 10.3 Å². The zero-order chi connectivity index (χ0) is 4.41. The molecule has 36 valence electrons. The Morgan fingerprint density at radius 1 is 1.17 bits per heavy atom. The van der Waals surface area contributed by atoms with E-state index in [0.717, 1.165) is 0 Å². The highest BCUT2D eigenvalue weighted by Crippen LogP contribution is 2.19. The highest BCUT2D eigenvalue weighted by atomic mass is 32.2. The number of hydrogen-bond acceptors (Lipinski definition) is 0. The second-order valence-corrected chi connectivity index (χ2v) is 3.82. The summed E-state index contributed by atoms with van der Waals surface area (Å²) in [5.74, 6) is 2.66. The summed E-state index contributed by atoms with van der Waals surface area (Å²) in [5, 5.41) is 0. The molecule has 6 heavy (non-hydrogen) atoms. The van der Waals surface area contributed by atoms with E-state index in [0.29, 0.717) is 0 Å². The first kappa shape index (κ1) is 4.29. The van der Waals surface area contributed by atoms with Gasteiger partial charge in [0, 0.05) is 0 Å². The molecule has 1 aliphatic rings. The van der Waals surface area contributed by atoms with Crippen molar-refractivity contribution in [2.45, 2.75) is 12.8 Å². The lowest BCUT2D eigenvalue weighted by molar-refractivity contribution is 0.949. The van der Waals surface area contributed by atoms with Crippen LogP contribution in [0.15, 0.2) is 0 Å². The van der Waals surface area contributed by atoms with Gasteiger partial charge >= 0.3 is 0 Å². The fourth-order valence-corrected chi connectivity index (χ4v) is 2.22. The van der Waals surface area contributed by atoms with Gasteiger partial charge in [0.05, 0.1) is 0 Å². The Kier molecular flexibility index (Phi) is 1.23. The fourth-order valence-electron chi connectivity index (χ4n) is 0.742. The molecule has 0 atom stereocenters. The molecule has 0 bridgehead atoms. The van der Waals surface area contributed by atoms with Crippen LogP contribution in [0.5, 0.6) is 0 Å². The zero-order valence-corrected chi connectivity index (χ0v) is 4.75. The minimum atomic E-state index is 0.0350. The fraction of sp³-hybridized carbons (Fsp3) is 0.800. The van der Waals surface area contributed by atoms with Crippen molar-refractivity contribution in [3.8, 4) is 5.69 Å². The van der Waals surface area contributed by atoms with Gasteiger partial charge in [-0.15, -0.1) is 5.69 Å². The second-order valence-electron chi connectivity index (χ2n) is 1.74. The maximum Gasteiger partial charge on any atom is -0.0161 e. The average molecular weight is 102 g/mol. The van der Waals surface area contributed by atoms with Gasteiger partial charge < -0.3 is 0 Å². The third kappa shape index (κ3) is 0.796. The maximum atomic E-state index is 5.60. The second kappa shape index (κ2) is 1.72. The third-order valence-corrected chi connectivity index (χ3v) is 2.92. The van der Waals surface area contributed by atoms with Crippen LogP contribution in [0.4, 0.5) is 0 Å². The molecule has 0 radical (unpaired) electrons. The van der Waals surface area contributed by atoms with Gasteiger partial charge in [0.15, 0.2) is 0 Å². The van der Waals surface area contributed by atoms with Gasteiger partial charge in [0.2, 0.25) is 0 Å². The van der Waals surface area contributed by atoms with E-state index in [4.69, 9.17) is 5.69 Å². The third-order valence-electron chi connectivity index (χ3n) is 1.14. The molecule has 0 nitrogen and oxygen atoms in total. The van der Waals surface area contributed by atoms with Crippen LogP contribution in [0, 0.1) is 5.69 Å². The summed E-state index contributed by atoms with van der Waals surface area (Å²) in [6, 6.07) is 0. The van der Waals surface area contributed by atoms with Crippen LogP contribution in [-0.4, -0.2) is 11.5 Å². The van der Waals surface area contributed by atoms with Crippen LogP contribution in [0.25, 0.3) is 0 Å². The van der Waals surface area contributed by atoms with Crippen molar-refractivity contribution in [2.24, 2.45) is 0 Å². The molecule has 0 spiro atoms. The first-order valence-electron chi connectivity index (χ1n) is 2.39. The van der Waals surface area contributed by atoms with Gasteiger partial charge in [-0.05, 0) is 24.3 Å². The average Bonchev–Trinajstić information content (AvgIpc) is 1.86. The van der Waals surface area contributed by atoms with Crippen LogP contribution in [0.1, 0.15) is 12.8 Å². The summed E-state index contributed by atoms with van der Waals surface area (Å²) >= 11 is 0. The van der Waals surface area contributed by atoms with E-state index >= 15 is 0 Å². The van der Waals surface area contributed by atoms with E-state index in [9.17, 15) is 0 Å².